The van der Waals surface area contributed by atoms with Crippen LogP contribution in [-0.4, -0.2) is 23.1 Å². The molecule has 4 heteroatoms. The van der Waals surface area contributed by atoms with Gasteiger partial charge in [0.25, 0.3) is 0 Å². The zero-order valence-electron chi connectivity index (χ0n) is 14.0. The van der Waals surface area contributed by atoms with E-state index in [-0.39, 0.29) is 0 Å². The van der Waals surface area contributed by atoms with Gasteiger partial charge in [0.05, 0.1) is 0 Å². The molecule has 0 bridgehead atoms. The van der Waals surface area contributed by atoms with Crippen LogP contribution < -0.4 is 10.6 Å². The largest absolute Gasteiger partial charge is 0.370 e. The van der Waals surface area contributed by atoms with Crippen molar-refractivity contribution >= 4 is 11.6 Å². The summed E-state index contributed by atoms with van der Waals surface area (Å²) in [6.07, 6.45) is 6.27. The van der Waals surface area contributed by atoms with Gasteiger partial charge in [0, 0.05) is 24.6 Å². The normalized spacial score (nSPS) is 14.5. The molecular weight excluding hydrogens is 260 g/mol. The Hall–Kier alpha value is -1.32. The SMILES string of the molecule is CCNc1nc(C2CC2)nc(NCCCCC(C)C)c1C. The van der Waals surface area contributed by atoms with Gasteiger partial charge in [-0.3, -0.25) is 0 Å². The molecule has 1 saturated carbocycles. The maximum atomic E-state index is 4.75. The Kier molecular flexibility index (Phi) is 5.83. The Morgan fingerprint density at radius 3 is 2.33 bits per heavy atom. The van der Waals surface area contributed by atoms with E-state index in [1.54, 1.807) is 0 Å². The zero-order valence-corrected chi connectivity index (χ0v) is 14.0. The third-order valence-corrected chi connectivity index (χ3v) is 3.95. The highest BCUT2D eigenvalue weighted by molar-refractivity contribution is 5.57. The van der Waals surface area contributed by atoms with Crippen molar-refractivity contribution in [2.75, 3.05) is 23.7 Å². The molecule has 0 amide bonds. The van der Waals surface area contributed by atoms with E-state index < -0.39 is 0 Å². The molecule has 0 saturated heterocycles. The van der Waals surface area contributed by atoms with Gasteiger partial charge in [-0.25, -0.2) is 9.97 Å². The van der Waals surface area contributed by atoms with Crippen LogP contribution in [0.5, 0.6) is 0 Å². The van der Waals surface area contributed by atoms with Gasteiger partial charge in [-0.15, -0.1) is 0 Å². The van der Waals surface area contributed by atoms with Crippen LogP contribution in [0.4, 0.5) is 11.6 Å². The second-order valence-electron chi connectivity index (χ2n) is 6.53. The highest BCUT2D eigenvalue weighted by Gasteiger charge is 2.28. The zero-order chi connectivity index (χ0) is 15.2. The van der Waals surface area contributed by atoms with Crippen LogP contribution in [0.25, 0.3) is 0 Å². The minimum atomic E-state index is 0.587. The van der Waals surface area contributed by atoms with Crippen LogP contribution in [0.15, 0.2) is 0 Å². The van der Waals surface area contributed by atoms with Gasteiger partial charge in [0.2, 0.25) is 0 Å². The summed E-state index contributed by atoms with van der Waals surface area (Å²) in [7, 11) is 0. The van der Waals surface area contributed by atoms with Crippen LogP contribution in [0.3, 0.4) is 0 Å². The van der Waals surface area contributed by atoms with Crippen molar-refractivity contribution in [1.82, 2.24) is 9.97 Å². The number of nitrogens with zero attached hydrogens (tertiary/aromatic N) is 2. The monoisotopic (exact) mass is 290 g/mol. The molecule has 1 heterocycles. The Bertz CT molecular complexity index is 452. The molecule has 1 aliphatic rings. The van der Waals surface area contributed by atoms with E-state index in [0.29, 0.717) is 5.92 Å². The van der Waals surface area contributed by atoms with E-state index >= 15 is 0 Å². The molecule has 2 rings (SSSR count). The quantitative estimate of drug-likeness (QED) is 0.665. The lowest BCUT2D eigenvalue weighted by Gasteiger charge is -2.14. The molecule has 1 fully saturated rings. The number of nitrogens with one attached hydrogen (secondary N) is 2. The van der Waals surface area contributed by atoms with Crippen molar-refractivity contribution in [3.05, 3.63) is 11.4 Å². The van der Waals surface area contributed by atoms with Crippen molar-refractivity contribution < 1.29 is 0 Å². The van der Waals surface area contributed by atoms with Crippen molar-refractivity contribution in [1.29, 1.82) is 0 Å². The molecule has 0 unspecified atom stereocenters. The van der Waals surface area contributed by atoms with Gasteiger partial charge >= 0.3 is 0 Å². The number of anilines is 2. The Morgan fingerprint density at radius 2 is 1.76 bits per heavy atom. The first-order valence-electron chi connectivity index (χ1n) is 8.48. The Balaban J connectivity index is 1.96. The standard InChI is InChI=1S/C17H30N4/c1-5-18-15-13(4)16(19-11-7-6-8-12(2)3)21-17(20-15)14-9-10-14/h12,14H,5-11H2,1-4H3,(H2,18,19,20,21). The van der Waals surface area contributed by atoms with Crippen LogP contribution >= 0.6 is 0 Å². The summed E-state index contributed by atoms with van der Waals surface area (Å²) in [6, 6.07) is 0. The van der Waals surface area contributed by atoms with Crippen LogP contribution in [0.1, 0.15) is 70.2 Å². The van der Waals surface area contributed by atoms with Crippen LogP contribution in [-0.2, 0) is 0 Å². The molecule has 0 aromatic carbocycles. The minimum absolute atomic E-state index is 0.587. The molecule has 2 N–H and O–H groups in total. The second-order valence-corrected chi connectivity index (χ2v) is 6.53. The number of hydrogen-bond acceptors (Lipinski definition) is 4. The Morgan fingerprint density at radius 1 is 1.10 bits per heavy atom. The fourth-order valence-corrected chi connectivity index (χ4v) is 2.45. The maximum absolute atomic E-state index is 4.75. The summed E-state index contributed by atoms with van der Waals surface area (Å²) in [5.41, 5.74) is 1.14. The first kappa shape index (κ1) is 16.1. The summed E-state index contributed by atoms with van der Waals surface area (Å²) >= 11 is 0. The van der Waals surface area contributed by atoms with E-state index in [1.165, 1.54) is 32.1 Å². The van der Waals surface area contributed by atoms with Crippen LogP contribution in [0, 0.1) is 12.8 Å². The van der Waals surface area contributed by atoms with E-state index in [4.69, 9.17) is 9.97 Å². The van der Waals surface area contributed by atoms with E-state index in [2.05, 4.69) is 38.3 Å². The van der Waals surface area contributed by atoms with Gasteiger partial charge in [-0.05, 0) is 39.0 Å². The van der Waals surface area contributed by atoms with Gasteiger partial charge in [-0.1, -0.05) is 26.7 Å². The molecule has 21 heavy (non-hydrogen) atoms. The van der Waals surface area contributed by atoms with Crippen molar-refractivity contribution in [3.63, 3.8) is 0 Å². The van der Waals surface area contributed by atoms with E-state index in [0.717, 1.165) is 42.0 Å². The number of rotatable bonds is 9. The van der Waals surface area contributed by atoms with Crippen molar-refractivity contribution in [2.24, 2.45) is 5.92 Å². The lowest BCUT2D eigenvalue weighted by atomic mass is 10.1. The smallest absolute Gasteiger partial charge is 0.136 e. The molecular formula is C17H30N4. The molecule has 4 nitrogen and oxygen atoms in total. The summed E-state index contributed by atoms with van der Waals surface area (Å²) in [6.45, 7) is 10.7. The highest BCUT2D eigenvalue weighted by atomic mass is 15.1. The fraction of sp³-hybridized carbons (Fsp3) is 0.765. The number of unbranched alkanes of at least 4 members (excludes halogenated alkanes) is 1. The molecule has 1 aromatic heterocycles. The van der Waals surface area contributed by atoms with Gasteiger partial charge in [0.1, 0.15) is 17.5 Å². The third-order valence-electron chi connectivity index (χ3n) is 3.95. The number of aromatic nitrogens is 2. The summed E-state index contributed by atoms with van der Waals surface area (Å²) < 4.78 is 0. The molecule has 1 aromatic rings. The van der Waals surface area contributed by atoms with Crippen molar-refractivity contribution in [2.45, 2.75) is 65.7 Å². The van der Waals surface area contributed by atoms with E-state index in [1.807, 2.05) is 0 Å². The Labute approximate surface area is 129 Å². The first-order valence-corrected chi connectivity index (χ1v) is 8.48. The lowest BCUT2D eigenvalue weighted by Crippen LogP contribution is -2.11. The van der Waals surface area contributed by atoms with E-state index in [9.17, 15) is 0 Å². The van der Waals surface area contributed by atoms with Gasteiger partial charge in [-0.2, -0.15) is 0 Å². The molecule has 118 valence electrons. The second kappa shape index (κ2) is 7.62. The number of hydrogen-bond donors (Lipinski definition) is 2. The molecule has 0 radical (unpaired) electrons. The first-order chi connectivity index (χ1) is 10.1. The molecule has 0 atom stereocenters. The lowest BCUT2D eigenvalue weighted by molar-refractivity contribution is 0.544. The minimum Gasteiger partial charge on any atom is -0.370 e. The molecule has 0 spiro atoms. The molecule has 1 aliphatic carbocycles. The van der Waals surface area contributed by atoms with Gasteiger partial charge < -0.3 is 10.6 Å². The maximum Gasteiger partial charge on any atom is 0.136 e. The highest BCUT2D eigenvalue weighted by Crippen LogP contribution is 2.39. The molecule has 0 aliphatic heterocycles. The van der Waals surface area contributed by atoms with Crippen LogP contribution in [0.2, 0.25) is 0 Å². The average Bonchev–Trinajstić information content (AvgIpc) is 3.26. The predicted octanol–water partition coefficient (Wildman–Crippen LogP) is 4.33. The predicted molar refractivity (Wildman–Crippen MR) is 90.1 cm³/mol. The summed E-state index contributed by atoms with van der Waals surface area (Å²) in [5, 5.41) is 6.88. The average molecular weight is 290 g/mol. The van der Waals surface area contributed by atoms with Gasteiger partial charge in [0.15, 0.2) is 0 Å². The third kappa shape index (κ3) is 4.87. The fourth-order valence-electron chi connectivity index (χ4n) is 2.45. The topological polar surface area (TPSA) is 49.8 Å². The summed E-state index contributed by atoms with van der Waals surface area (Å²) in [5.74, 6) is 4.42. The summed E-state index contributed by atoms with van der Waals surface area (Å²) in [4.78, 5) is 9.44. The van der Waals surface area contributed by atoms with Crippen molar-refractivity contribution in [3.8, 4) is 0 Å².